The first-order valence-corrected chi connectivity index (χ1v) is 11.4. The van der Waals surface area contributed by atoms with E-state index in [0.29, 0.717) is 53.4 Å². The van der Waals surface area contributed by atoms with Crippen molar-refractivity contribution in [2.45, 2.75) is 31.3 Å². The fraction of sp³-hybridized carbons (Fsp3) is 0.259. The molecule has 3 aromatic carbocycles. The van der Waals surface area contributed by atoms with Gasteiger partial charge in [0.25, 0.3) is 0 Å². The number of rotatable bonds is 6. The third-order valence-electron chi connectivity index (χ3n) is 6.49. The number of benzene rings is 3. The maximum atomic E-state index is 14.9. The molecule has 0 bridgehead atoms. The van der Waals surface area contributed by atoms with Crippen molar-refractivity contribution < 1.29 is 32.5 Å². The lowest BCUT2D eigenvalue weighted by Gasteiger charge is -2.17. The molecule has 0 spiro atoms. The summed E-state index contributed by atoms with van der Waals surface area (Å²) < 4.78 is 43.2. The van der Waals surface area contributed by atoms with Crippen molar-refractivity contribution in [3.05, 3.63) is 77.1 Å². The Kier molecular flexibility index (Phi) is 5.28. The molecule has 1 aromatic heterocycles. The van der Waals surface area contributed by atoms with Crippen LogP contribution in [0.3, 0.4) is 0 Å². The number of fused-ring (bicyclic) bond motifs is 3. The van der Waals surface area contributed by atoms with E-state index in [1.807, 2.05) is 36.4 Å². The van der Waals surface area contributed by atoms with Gasteiger partial charge in [-0.25, -0.2) is 4.39 Å². The predicted molar refractivity (Wildman–Crippen MR) is 123 cm³/mol. The van der Waals surface area contributed by atoms with Crippen LogP contribution in [0.15, 0.2) is 59.0 Å². The van der Waals surface area contributed by atoms with Gasteiger partial charge < -0.3 is 23.4 Å². The van der Waals surface area contributed by atoms with Gasteiger partial charge in [-0.1, -0.05) is 18.2 Å². The standard InChI is InChI=1S/C27H22FNO6/c1-31-25(30)12-15-14-32-24-13-16(6-7-17(15)24)33-23-10-8-18-21(11-9-19(28)26(18)23)34-27-29-20-4-2-3-5-22(20)35-27/h2-7,9,11,13,15,23H,8,10,12,14H2,1H3. The highest BCUT2D eigenvalue weighted by molar-refractivity contribution is 5.73. The third kappa shape index (κ3) is 3.95. The monoisotopic (exact) mass is 475 g/mol. The quantitative estimate of drug-likeness (QED) is 0.323. The molecule has 2 unspecified atom stereocenters. The minimum Gasteiger partial charge on any atom is -0.492 e. The summed E-state index contributed by atoms with van der Waals surface area (Å²) in [6.45, 7) is 0.408. The van der Waals surface area contributed by atoms with Crippen LogP contribution >= 0.6 is 0 Å². The molecule has 2 aliphatic rings. The number of ether oxygens (including phenoxy) is 4. The van der Waals surface area contributed by atoms with Gasteiger partial charge in [0, 0.05) is 28.7 Å². The molecular weight excluding hydrogens is 453 g/mol. The molecule has 178 valence electrons. The molecule has 0 fully saturated rings. The molecule has 0 saturated heterocycles. The van der Waals surface area contributed by atoms with Gasteiger partial charge in [0.15, 0.2) is 5.58 Å². The average Bonchev–Trinajstić information content (AvgIpc) is 3.58. The Hall–Kier alpha value is -4.07. The number of carbonyl (C=O) groups is 1. The average molecular weight is 475 g/mol. The summed E-state index contributed by atoms with van der Waals surface area (Å²) in [6, 6.07) is 15.9. The predicted octanol–water partition coefficient (Wildman–Crippen LogP) is 5.86. The van der Waals surface area contributed by atoms with E-state index < -0.39 is 6.10 Å². The lowest BCUT2D eigenvalue weighted by atomic mass is 9.98. The number of methoxy groups -OCH3 is 1. The Balaban J connectivity index is 1.23. The van der Waals surface area contributed by atoms with Crippen LogP contribution in [-0.4, -0.2) is 24.7 Å². The van der Waals surface area contributed by atoms with Gasteiger partial charge in [-0.3, -0.25) is 4.79 Å². The molecular formula is C27H22FNO6. The molecule has 6 rings (SSSR count). The van der Waals surface area contributed by atoms with Gasteiger partial charge in [-0.15, -0.1) is 0 Å². The zero-order valence-corrected chi connectivity index (χ0v) is 19.0. The van der Waals surface area contributed by atoms with E-state index in [2.05, 4.69) is 4.98 Å². The maximum Gasteiger partial charge on any atom is 0.400 e. The first-order valence-electron chi connectivity index (χ1n) is 11.4. The van der Waals surface area contributed by atoms with Gasteiger partial charge in [0.1, 0.15) is 34.7 Å². The minimum atomic E-state index is -0.470. The van der Waals surface area contributed by atoms with Crippen LogP contribution in [0.2, 0.25) is 0 Å². The highest BCUT2D eigenvalue weighted by Gasteiger charge is 2.32. The molecule has 2 atom stereocenters. The Bertz CT molecular complexity index is 1400. The van der Waals surface area contributed by atoms with Crippen LogP contribution in [-0.2, 0) is 16.0 Å². The number of esters is 1. The van der Waals surface area contributed by atoms with Crippen LogP contribution in [0, 0.1) is 5.82 Å². The molecule has 0 amide bonds. The highest BCUT2D eigenvalue weighted by atomic mass is 19.1. The van der Waals surface area contributed by atoms with Crippen molar-refractivity contribution in [3.8, 4) is 23.3 Å². The molecule has 1 aliphatic carbocycles. The van der Waals surface area contributed by atoms with Gasteiger partial charge in [-0.05, 0) is 43.2 Å². The number of aromatic nitrogens is 1. The summed E-state index contributed by atoms with van der Waals surface area (Å²) >= 11 is 0. The second kappa shape index (κ2) is 8.61. The summed E-state index contributed by atoms with van der Waals surface area (Å²) in [5, 5.41) is 0. The summed E-state index contributed by atoms with van der Waals surface area (Å²) in [6.07, 6.45) is 1.09. The second-order valence-electron chi connectivity index (χ2n) is 8.62. The SMILES string of the molecule is COC(=O)CC1COc2cc(OC3CCc4c(Oc5nc6ccccc6o5)ccc(F)c43)ccc21. The largest absolute Gasteiger partial charge is 0.492 e. The van der Waals surface area contributed by atoms with Crippen molar-refractivity contribution in [2.24, 2.45) is 0 Å². The Labute approximate surface area is 200 Å². The molecule has 4 aromatic rings. The van der Waals surface area contributed by atoms with E-state index in [4.69, 9.17) is 23.4 Å². The highest BCUT2D eigenvalue weighted by Crippen LogP contribution is 2.44. The lowest BCUT2D eigenvalue weighted by Crippen LogP contribution is -2.09. The maximum absolute atomic E-state index is 14.9. The number of para-hydroxylation sites is 2. The molecule has 0 saturated carbocycles. The van der Waals surface area contributed by atoms with Crippen LogP contribution in [0.25, 0.3) is 11.1 Å². The first-order chi connectivity index (χ1) is 17.1. The van der Waals surface area contributed by atoms with Crippen LogP contribution in [0.5, 0.6) is 23.3 Å². The van der Waals surface area contributed by atoms with E-state index in [0.717, 1.165) is 11.1 Å². The van der Waals surface area contributed by atoms with Crippen molar-refractivity contribution in [2.75, 3.05) is 13.7 Å². The number of hydrogen-bond acceptors (Lipinski definition) is 7. The molecule has 8 heteroatoms. The van der Waals surface area contributed by atoms with Crippen LogP contribution in [0.1, 0.15) is 41.6 Å². The number of hydrogen-bond donors (Lipinski definition) is 0. The van der Waals surface area contributed by atoms with E-state index in [1.54, 1.807) is 12.1 Å². The molecule has 2 heterocycles. The zero-order chi connectivity index (χ0) is 23.9. The van der Waals surface area contributed by atoms with E-state index >= 15 is 0 Å². The Morgan fingerprint density at radius 1 is 1.17 bits per heavy atom. The molecule has 0 N–H and O–H groups in total. The topological polar surface area (TPSA) is 80.0 Å². The van der Waals surface area contributed by atoms with Crippen molar-refractivity contribution in [3.63, 3.8) is 0 Å². The smallest absolute Gasteiger partial charge is 0.400 e. The zero-order valence-electron chi connectivity index (χ0n) is 19.0. The Morgan fingerprint density at radius 3 is 2.91 bits per heavy atom. The van der Waals surface area contributed by atoms with Crippen molar-refractivity contribution in [1.29, 1.82) is 0 Å². The summed E-state index contributed by atoms with van der Waals surface area (Å²) in [5.41, 5.74) is 3.47. The lowest BCUT2D eigenvalue weighted by molar-refractivity contribution is -0.141. The number of oxazole rings is 1. The van der Waals surface area contributed by atoms with Gasteiger partial charge in [0.05, 0.1) is 20.1 Å². The van der Waals surface area contributed by atoms with E-state index in [1.165, 1.54) is 13.2 Å². The fourth-order valence-electron chi connectivity index (χ4n) is 4.79. The summed E-state index contributed by atoms with van der Waals surface area (Å²) in [5.74, 6) is 1.07. The minimum absolute atomic E-state index is 0.0530. The summed E-state index contributed by atoms with van der Waals surface area (Å²) in [7, 11) is 1.37. The fourth-order valence-corrected chi connectivity index (χ4v) is 4.79. The normalized spacial score (nSPS) is 18.1. The molecule has 35 heavy (non-hydrogen) atoms. The van der Waals surface area contributed by atoms with Gasteiger partial charge in [0.2, 0.25) is 0 Å². The third-order valence-corrected chi connectivity index (χ3v) is 6.49. The van der Waals surface area contributed by atoms with Gasteiger partial charge >= 0.3 is 12.0 Å². The number of carbonyl (C=O) groups excluding carboxylic acids is 1. The Morgan fingerprint density at radius 2 is 2.06 bits per heavy atom. The van der Waals surface area contributed by atoms with Gasteiger partial charge in [-0.2, -0.15) is 4.98 Å². The van der Waals surface area contributed by atoms with Crippen LogP contribution < -0.4 is 14.2 Å². The molecule has 0 radical (unpaired) electrons. The van der Waals surface area contributed by atoms with E-state index in [9.17, 15) is 9.18 Å². The molecule has 1 aliphatic heterocycles. The molecule has 7 nitrogen and oxygen atoms in total. The van der Waals surface area contributed by atoms with Crippen LogP contribution in [0.4, 0.5) is 4.39 Å². The second-order valence-corrected chi connectivity index (χ2v) is 8.62. The number of nitrogens with zero attached hydrogens (tertiary/aromatic N) is 1. The first kappa shape index (κ1) is 21.5. The van der Waals surface area contributed by atoms with Crippen molar-refractivity contribution >= 4 is 17.1 Å². The van der Waals surface area contributed by atoms with Crippen molar-refractivity contribution in [1.82, 2.24) is 4.98 Å². The summed E-state index contributed by atoms with van der Waals surface area (Å²) in [4.78, 5) is 16.0. The number of halogens is 1. The van der Waals surface area contributed by atoms with E-state index in [-0.39, 0.29) is 30.2 Å².